The zero-order chi connectivity index (χ0) is 17.4. The van der Waals surface area contributed by atoms with Gasteiger partial charge in [-0.2, -0.15) is 9.78 Å². The molecule has 1 aliphatic carbocycles. The monoisotopic (exact) mass is 362 g/mol. The fraction of sp³-hybridized carbons (Fsp3) is 0.556. The van der Waals surface area contributed by atoms with Crippen LogP contribution in [-0.4, -0.2) is 40.5 Å². The molecule has 1 aliphatic heterocycles. The summed E-state index contributed by atoms with van der Waals surface area (Å²) in [4.78, 5) is 3.82. The second-order valence-electron chi connectivity index (χ2n) is 7.03. The van der Waals surface area contributed by atoms with Gasteiger partial charge in [0.05, 0.1) is 26.2 Å². The number of benzene rings is 1. The summed E-state index contributed by atoms with van der Waals surface area (Å²) in [5.74, 6) is 1.62. The van der Waals surface area contributed by atoms with Crippen molar-refractivity contribution in [2.45, 2.75) is 38.9 Å². The molecule has 1 aromatic carbocycles. The zero-order valence-electron chi connectivity index (χ0n) is 14.6. The van der Waals surface area contributed by atoms with Crippen LogP contribution in [0.4, 0.5) is 10.1 Å². The molecule has 1 saturated heterocycles. The van der Waals surface area contributed by atoms with Gasteiger partial charge in [0.1, 0.15) is 11.6 Å². The van der Waals surface area contributed by atoms with Gasteiger partial charge in [-0.25, -0.2) is 4.39 Å². The highest BCUT2D eigenvalue weighted by molar-refractivity contribution is 7.71. The van der Waals surface area contributed by atoms with Crippen molar-refractivity contribution in [2.75, 3.05) is 31.1 Å². The van der Waals surface area contributed by atoms with Crippen LogP contribution in [0.3, 0.4) is 0 Å². The minimum Gasteiger partial charge on any atom is -0.360 e. The summed E-state index contributed by atoms with van der Waals surface area (Å²) in [6.45, 7) is 7.90. The third-order valence-corrected chi connectivity index (χ3v) is 5.68. The highest BCUT2D eigenvalue weighted by Gasteiger charge is 2.30. The third kappa shape index (κ3) is 3.48. The lowest BCUT2D eigenvalue weighted by Crippen LogP contribution is -3.14. The summed E-state index contributed by atoms with van der Waals surface area (Å²) in [5, 5.41) is 4.82. The van der Waals surface area contributed by atoms with Gasteiger partial charge in [0.25, 0.3) is 0 Å². The average molecular weight is 362 g/mol. The van der Waals surface area contributed by atoms with Crippen LogP contribution in [0.2, 0.25) is 0 Å². The van der Waals surface area contributed by atoms with E-state index >= 15 is 0 Å². The SMILES string of the molecule is CCn1c(C2CC2)nn(C[NH+]2CCN(c3ccc(F)cc3)CC2)c1=S. The number of rotatable bonds is 5. The highest BCUT2D eigenvalue weighted by Crippen LogP contribution is 2.39. The van der Waals surface area contributed by atoms with Crippen molar-refractivity contribution in [1.29, 1.82) is 0 Å². The van der Waals surface area contributed by atoms with E-state index in [-0.39, 0.29) is 5.82 Å². The van der Waals surface area contributed by atoms with Crippen LogP contribution in [0.5, 0.6) is 0 Å². The normalized spacial score (nSPS) is 18.7. The van der Waals surface area contributed by atoms with E-state index in [1.807, 2.05) is 16.8 Å². The molecule has 0 radical (unpaired) electrons. The summed E-state index contributed by atoms with van der Waals surface area (Å²) in [7, 11) is 0. The molecule has 2 aliphatic rings. The lowest BCUT2D eigenvalue weighted by Gasteiger charge is -2.33. The Kier molecular flexibility index (Phi) is 4.60. The Balaban J connectivity index is 1.40. The Labute approximate surface area is 152 Å². The molecule has 1 N–H and O–H groups in total. The molecule has 0 bridgehead atoms. The minimum atomic E-state index is -0.180. The fourth-order valence-corrected chi connectivity index (χ4v) is 3.93. The summed E-state index contributed by atoms with van der Waals surface area (Å²) < 4.78 is 18.2. The Morgan fingerprint density at radius 1 is 1.20 bits per heavy atom. The van der Waals surface area contributed by atoms with Crippen molar-refractivity contribution in [3.05, 3.63) is 40.7 Å². The Morgan fingerprint density at radius 3 is 2.48 bits per heavy atom. The number of piperazine rings is 1. The van der Waals surface area contributed by atoms with Crippen molar-refractivity contribution < 1.29 is 9.29 Å². The molecule has 2 aromatic rings. The first-order chi connectivity index (χ1) is 12.2. The van der Waals surface area contributed by atoms with Crippen molar-refractivity contribution in [1.82, 2.24) is 14.3 Å². The summed E-state index contributed by atoms with van der Waals surface area (Å²) >= 11 is 5.64. The number of hydrogen-bond donors (Lipinski definition) is 1. The summed E-state index contributed by atoms with van der Waals surface area (Å²) in [6, 6.07) is 6.79. The number of nitrogens with zero attached hydrogens (tertiary/aromatic N) is 4. The lowest BCUT2D eigenvalue weighted by molar-refractivity contribution is -0.924. The van der Waals surface area contributed by atoms with Gasteiger partial charge < -0.3 is 14.4 Å². The van der Waals surface area contributed by atoms with Crippen molar-refractivity contribution in [3.8, 4) is 0 Å². The predicted octanol–water partition coefficient (Wildman–Crippen LogP) is 1.81. The topological polar surface area (TPSA) is 30.4 Å². The Morgan fingerprint density at radius 2 is 1.88 bits per heavy atom. The quantitative estimate of drug-likeness (QED) is 0.823. The number of halogens is 1. The molecule has 1 aromatic heterocycles. The van der Waals surface area contributed by atoms with Crippen molar-refractivity contribution >= 4 is 17.9 Å². The van der Waals surface area contributed by atoms with Gasteiger partial charge in [-0.05, 0) is 56.2 Å². The number of quaternary nitrogens is 1. The Hall–Kier alpha value is -1.73. The van der Waals surface area contributed by atoms with E-state index < -0.39 is 0 Å². The smallest absolute Gasteiger partial charge is 0.202 e. The predicted molar refractivity (Wildman–Crippen MR) is 98.0 cm³/mol. The van der Waals surface area contributed by atoms with E-state index in [4.69, 9.17) is 17.3 Å². The second kappa shape index (κ2) is 6.88. The van der Waals surface area contributed by atoms with E-state index in [0.29, 0.717) is 5.92 Å². The molecule has 25 heavy (non-hydrogen) atoms. The first-order valence-corrected chi connectivity index (χ1v) is 9.58. The van der Waals surface area contributed by atoms with E-state index in [9.17, 15) is 4.39 Å². The average Bonchev–Trinajstić information content (AvgIpc) is 3.42. The maximum absolute atomic E-state index is 13.1. The van der Waals surface area contributed by atoms with Gasteiger partial charge in [-0.15, -0.1) is 0 Å². The molecule has 0 amide bonds. The van der Waals surface area contributed by atoms with Crippen LogP contribution < -0.4 is 9.80 Å². The molecular weight excluding hydrogens is 337 g/mol. The van der Waals surface area contributed by atoms with Gasteiger partial charge in [-0.1, -0.05) is 0 Å². The number of anilines is 1. The molecule has 2 heterocycles. The van der Waals surface area contributed by atoms with E-state index in [1.54, 1.807) is 0 Å². The fourth-order valence-electron chi connectivity index (χ4n) is 3.60. The molecule has 134 valence electrons. The third-order valence-electron chi connectivity index (χ3n) is 5.25. The standard InChI is InChI=1S/C18H24FN5S/c1-2-23-17(14-3-4-14)20-24(18(23)25)13-21-9-11-22(12-10-21)16-7-5-15(19)6-8-16/h5-8,14H,2-4,9-13H2,1H3/p+1. The van der Waals surface area contributed by atoms with Crippen LogP contribution in [-0.2, 0) is 13.2 Å². The second-order valence-corrected chi connectivity index (χ2v) is 7.40. The van der Waals surface area contributed by atoms with Crippen LogP contribution in [0.1, 0.15) is 31.5 Å². The van der Waals surface area contributed by atoms with E-state index in [2.05, 4.69) is 16.4 Å². The van der Waals surface area contributed by atoms with Gasteiger partial charge in [-0.3, -0.25) is 0 Å². The van der Waals surface area contributed by atoms with Crippen molar-refractivity contribution in [3.63, 3.8) is 0 Å². The molecule has 4 rings (SSSR count). The van der Waals surface area contributed by atoms with Gasteiger partial charge in [0, 0.05) is 18.2 Å². The van der Waals surface area contributed by atoms with Crippen LogP contribution in [0.15, 0.2) is 24.3 Å². The maximum atomic E-state index is 13.1. The zero-order valence-corrected chi connectivity index (χ0v) is 15.4. The number of aromatic nitrogens is 3. The summed E-state index contributed by atoms with van der Waals surface area (Å²) in [5.41, 5.74) is 1.10. The maximum Gasteiger partial charge on any atom is 0.202 e. The number of hydrogen-bond acceptors (Lipinski definition) is 3. The minimum absolute atomic E-state index is 0.180. The lowest BCUT2D eigenvalue weighted by atomic mass is 10.2. The van der Waals surface area contributed by atoms with Gasteiger partial charge in [0.2, 0.25) is 4.77 Å². The van der Waals surface area contributed by atoms with E-state index in [1.165, 1.54) is 35.7 Å². The molecule has 0 unspecified atom stereocenters. The van der Waals surface area contributed by atoms with Gasteiger partial charge >= 0.3 is 0 Å². The molecule has 2 fully saturated rings. The van der Waals surface area contributed by atoms with Crippen molar-refractivity contribution in [2.24, 2.45) is 0 Å². The molecule has 1 saturated carbocycles. The van der Waals surface area contributed by atoms with E-state index in [0.717, 1.165) is 49.9 Å². The van der Waals surface area contributed by atoms with Crippen LogP contribution in [0, 0.1) is 10.6 Å². The summed E-state index contributed by atoms with van der Waals surface area (Å²) in [6.07, 6.45) is 2.49. The first kappa shape index (κ1) is 16.7. The molecule has 7 heteroatoms. The first-order valence-electron chi connectivity index (χ1n) is 9.17. The molecule has 0 spiro atoms. The molecule has 0 atom stereocenters. The largest absolute Gasteiger partial charge is 0.360 e. The van der Waals surface area contributed by atoms with Crippen LogP contribution in [0.25, 0.3) is 0 Å². The highest BCUT2D eigenvalue weighted by atomic mass is 32.1. The molecular formula is C18H25FN5S+. The van der Waals surface area contributed by atoms with Crippen LogP contribution >= 0.6 is 12.2 Å². The Bertz CT molecular complexity index is 785. The molecule has 5 nitrogen and oxygen atoms in total. The number of nitrogens with one attached hydrogen (secondary N) is 1. The van der Waals surface area contributed by atoms with Gasteiger partial charge in [0.15, 0.2) is 6.67 Å².